The molecule has 1 N–H and O–H groups in total. The molecule has 2 aliphatic rings. The van der Waals surface area contributed by atoms with Crippen LogP contribution in [0.1, 0.15) is 57.4 Å². The van der Waals surface area contributed by atoms with Gasteiger partial charge >= 0.3 is 0 Å². The highest BCUT2D eigenvalue weighted by molar-refractivity contribution is 6.31. The number of benzene rings is 1. The van der Waals surface area contributed by atoms with Crippen LogP contribution in [0.5, 0.6) is 0 Å². The van der Waals surface area contributed by atoms with Crippen LogP contribution < -0.4 is 5.32 Å². The number of hydrogen-bond acceptors (Lipinski definition) is 1. The van der Waals surface area contributed by atoms with Crippen LogP contribution in [0.2, 0.25) is 5.02 Å². The van der Waals surface area contributed by atoms with Gasteiger partial charge in [0.1, 0.15) is 0 Å². The average molecular weight is 292 g/mol. The molecule has 0 spiro atoms. The van der Waals surface area contributed by atoms with Crippen LogP contribution in [0, 0.1) is 11.8 Å². The summed E-state index contributed by atoms with van der Waals surface area (Å²) in [7, 11) is 0. The van der Waals surface area contributed by atoms with Gasteiger partial charge in [-0.1, -0.05) is 56.5 Å². The first-order chi connectivity index (χ1) is 9.65. The SMILES string of the molecule is CC1CCCC(NC2CC(c3ccccc3Cl)C2)C1C. The van der Waals surface area contributed by atoms with Gasteiger partial charge in [-0.2, -0.15) is 0 Å². The van der Waals surface area contributed by atoms with Crippen LogP contribution in [0.25, 0.3) is 0 Å². The fourth-order valence-electron chi connectivity index (χ4n) is 3.93. The number of nitrogens with one attached hydrogen (secondary N) is 1. The van der Waals surface area contributed by atoms with E-state index in [0.717, 1.165) is 22.9 Å². The summed E-state index contributed by atoms with van der Waals surface area (Å²) in [6.07, 6.45) is 6.66. The van der Waals surface area contributed by atoms with Crippen LogP contribution >= 0.6 is 11.6 Å². The first kappa shape index (κ1) is 14.4. The molecule has 1 aromatic carbocycles. The Kier molecular flexibility index (Phi) is 4.37. The van der Waals surface area contributed by atoms with Crippen molar-refractivity contribution < 1.29 is 0 Å². The van der Waals surface area contributed by atoms with Gasteiger partial charge in [-0.05, 0) is 48.6 Å². The predicted molar refractivity (Wildman–Crippen MR) is 86.3 cm³/mol. The lowest BCUT2D eigenvalue weighted by atomic mass is 9.73. The molecule has 0 heterocycles. The molecule has 0 radical (unpaired) electrons. The molecule has 0 aromatic heterocycles. The Balaban J connectivity index is 1.52. The maximum atomic E-state index is 6.29. The van der Waals surface area contributed by atoms with Crippen molar-refractivity contribution in [3.63, 3.8) is 0 Å². The van der Waals surface area contributed by atoms with Crippen molar-refractivity contribution in [3.8, 4) is 0 Å². The van der Waals surface area contributed by atoms with Gasteiger partial charge in [0.2, 0.25) is 0 Å². The fourth-order valence-corrected chi connectivity index (χ4v) is 4.22. The first-order valence-corrected chi connectivity index (χ1v) is 8.53. The molecule has 20 heavy (non-hydrogen) atoms. The van der Waals surface area contributed by atoms with Crippen LogP contribution in [-0.4, -0.2) is 12.1 Å². The second-order valence-electron chi connectivity index (χ2n) is 6.93. The zero-order valence-electron chi connectivity index (χ0n) is 12.6. The number of halogens is 1. The van der Waals surface area contributed by atoms with Crippen molar-refractivity contribution in [2.75, 3.05) is 0 Å². The Morgan fingerprint density at radius 1 is 1.10 bits per heavy atom. The summed E-state index contributed by atoms with van der Waals surface area (Å²) in [4.78, 5) is 0. The van der Waals surface area contributed by atoms with Gasteiger partial charge in [0.25, 0.3) is 0 Å². The van der Waals surface area contributed by atoms with E-state index in [1.165, 1.54) is 37.7 Å². The molecule has 0 bridgehead atoms. The minimum Gasteiger partial charge on any atom is -0.311 e. The first-order valence-electron chi connectivity index (χ1n) is 8.15. The lowest BCUT2D eigenvalue weighted by Crippen LogP contribution is -2.50. The molecule has 1 aromatic rings. The highest BCUT2D eigenvalue weighted by Crippen LogP contribution is 2.41. The van der Waals surface area contributed by atoms with E-state index < -0.39 is 0 Å². The van der Waals surface area contributed by atoms with Gasteiger partial charge in [0, 0.05) is 17.1 Å². The quantitative estimate of drug-likeness (QED) is 0.826. The van der Waals surface area contributed by atoms with Gasteiger partial charge in [-0.25, -0.2) is 0 Å². The number of hydrogen-bond donors (Lipinski definition) is 1. The maximum Gasteiger partial charge on any atom is 0.0440 e. The van der Waals surface area contributed by atoms with Crippen molar-refractivity contribution in [1.82, 2.24) is 5.32 Å². The van der Waals surface area contributed by atoms with E-state index in [9.17, 15) is 0 Å². The second kappa shape index (κ2) is 6.07. The fraction of sp³-hybridized carbons (Fsp3) is 0.667. The highest BCUT2D eigenvalue weighted by atomic mass is 35.5. The second-order valence-corrected chi connectivity index (χ2v) is 7.33. The molecule has 2 saturated carbocycles. The molecule has 2 aliphatic carbocycles. The third kappa shape index (κ3) is 2.89. The molecule has 1 nitrogen and oxygen atoms in total. The molecular formula is C18H26ClN. The Labute approximate surface area is 128 Å². The van der Waals surface area contributed by atoms with Crippen molar-refractivity contribution in [2.24, 2.45) is 11.8 Å². The van der Waals surface area contributed by atoms with E-state index in [-0.39, 0.29) is 0 Å². The van der Waals surface area contributed by atoms with Crippen molar-refractivity contribution in [3.05, 3.63) is 34.9 Å². The van der Waals surface area contributed by atoms with Crippen LogP contribution in [0.3, 0.4) is 0 Å². The van der Waals surface area contributed by atoms with Crippen LogP contribution in [0.4, 0.5) is 0 Å². The summed E-state index contributed by atoms with van der Waals surface area (Å²) in [5.41, 5.74) is 1.34. The summed E-state index contributed by atoms with van der Waals surface area (Å²) < 4.78 is 0. The van der Waals surface area contributed by atoms with E-state index in [2.05, 4.69) is 31.3 Å². The number of rotatable bonds is 3. The standard InChI is InChI=1S/C18H26ClN/c1-12-6-5-9-18(13(12)2)20-15-10-14(11-15)16-7-3-4-8-17(16)19/h3-4,7-8,12-15,18,20H,5-6,9-11H2,1-2H3. The zero-order chi connectivity index (χ0) is 14.1. The van der Waals surface area contributed by atoms with Crippen LogP contribution in [0.15, 0.2) is 24.3 Å². The Morgan fingerprint density at radius 2 is 1.85 bits per heavy atom. The lowest BCUT2D eigenvalue weighted by Gasteiger charge is -2.43. The maximum absolute atomic E-state index is 6.29. The minimum atomic E-state index is 0.664. The molecule has 0 aliphatic heterocycles. The Hall–Kier alpha value is -0.530. The molecule has 3 unspecified atom stereocenters. The van der Waals surface area contributed by atoms with Gasteiger partial charge in [-0.15, -0.1) is 0 Å². The van der Waals surface area contributed by atoms with Gasteiger partial charge in [-0.3, -0.25) is 0 Å². The summed E-state index contributed by atoms with van der Waals surface area (Å²) in [5, 5.41) is 4.85. The van der Waals surface area contributed by atoms with Crippen molar-refractivity contribution in [1.29, 1.82) is 0 Å². The molecular weight excluding hydrogens is 266 g/mol. The van der Waals surface area contributed by atoms with Crippen LogP contribution in [-0.2, 0) is 0 Å². The van der Waals surface area contributed by atoms with E-state index in [1.54, 1.807) is 0 Å². The minimum absolute atomic E-state index is 0.664. The third-order valence-corrected chi connectivity index (χ3v) is 5.98. The van der Waals surface area contributed by atoms with Crippen molar-refractivity contribution >= 4 is 11.6 Å². The molecule has 3 rings (SSSR count). The highest BCUT2D eigenvalue weighted by Gasteiger charge is 2.35. The lowest BCUT2D eigenvalue weighted by molar-refractivity contribution is 0.162. The molecule has 2 heteroatoms. The monoisotopic (exact) mass is 291 g/mol. The topological polar surface area (TPSA) is 12.0 Å². The molecule has 0 amide bonds. The summed E-state index contributed by atoms with van der Waals surface area (Å²) in [6, 6.07) is 9.76. The predicted octanol–water partition coefficient (Wildman–Crippen LogP) is 5.00. The van der Waals surface area contributed by atoms with E-state index in [0.29, 0.717) is 12.0 Å². The summed E-state index contributed by atoms with van der Waals surface area (Å²) in [6.45, 7) is 4.83. The third-order valence-electron chi connectivity index (χ3n) is 5.64. The summed E-state index contributed by atoms with van der Waals surface area (Å²) in [5.74, 6) is 2.36. The van der Waals surface area contributed by atoms with Gasteiger partial charge in [0.05, 0.1) is 0 Å². The van der Waals surface area contributed by atoms with Gasteiger partial charge in [0.15, 0.2) is 0 Å². The van der Waals surface area contributed by atoms with Crippen molar-refractivity contribution in [2.45, 2.75) is 64.0 Å². The van der Waals surface area contributed by atoms with E-state index in [4.69, 9.17) is 11.6 Å². The largest absolute Gasteiger partial charge is 0.311 e. The molecule has 3 atom stereocenters. The van der Waals surface area contributed by atoms with Gasteiger partial charge < -0.3 is 5.32 Å². The summed E-state index contributed by atoms with van der Waals surface area (Å²) >= 11 is 6.29. The average Bonchev–Trinajstić information content (AvgIpc) is 2.39. The van der Waals surface area contributed by atoms with E-state index in [1.807, 2.05) is 12.1 Å². The zero-order valence-corrected chi connectivity index (χ0v) is 13.4. The normalized spacial score (nSPS) is 37.5. The van der Waals surface area contributed by atoms with E-state index >= 15 is 0 Å². The molecule has 2 fully saturated rings. The Morgan fingerprint density at radius 3 is 2.60 bits per heavy atom. The molecule has 0 saturated heterocycles. The molecule has 110 valence electrons. The Bertz CT molecular complexity index is 452. The smallest absolute Gasteiger partial charge is 0.0440 e.